The number of halogens is 1. The Hall–Kier alpha value is -2.07. The van der Waals surface area contributed by atoms with Gasteiger partial charge in [-0.2, -0.15) is 5.26 Å². The van der Waals surface area contributed by atoms with Gasteiger partial charge < -0.3 is 9.84 Å². The van der Waals surface area contributed by atoms with Gasteiger partial charge in [-0.05, 0) is 42.0 Å². The molecule has 0 heterocycles. The maximum absolute atomic E-state index is 13.0. The molecule has 0 radical (unpaired) electrons. The molecular weight excluding hydrogens is 362 g/mol. The molecular formula is C18H16ClNO4S. The van der Waals surface area contributed by atoms with Crippen LogP contribution in [-0.4, -0.2) is 32.5 Å². The smallest absolute Gasteiger partial charge is 0.183 e. The van der Waals surface area contributed by atoms with Crippen LogP contribution in [-0.2, 0) is 9.84 Å². The largest absolute Gasteiger partial charge is 0.497 e. The molecule has 0 aliphatic heterocycles. The molecule has 1 saturated carbocycles. The number of hydrogen-bond donors (Lipinski definition) is 1. The summed E-state index contributed by atoms with van der Waals surface area (Å²) in [5.41, 5.74) is -0.675. The molecule has 1 fully saturated rings. The lowest BCUT2D eigenvalue weighted by molar-refractivity contribution is 0.242. The second kappa shape index (κ2) is 6.34. The highest BCUT2D eigenvalue weighted by molar-refractivity contribution is 7.92. The number of rotatable bonds is 5. The van der Waals surface area contributed by atoms with Crippen LogP contribution in [0.2, 0.25) is 5.02 Å². The summed E-state index contributed by atoms with van der Waals surface area (Å²) in [7, 11) is -2.26. The van der Waals surface area contributed by atoms with Gasteiger partial charge in [-0.3, -0.25) is 0 Å². The van der Waals surface area contributed by atoms with Gasteiger partial charge in [0.1, 0.15) is 11.2 Å². The molecule has 5 nitrogen and oxygen atoms in total. The average molecular weight is 378 g/mol. The summed E-state index contributed by atoms with van der Waals surface area (Å²) >= 11 is 5.82. The predicted molar refractivity (Wildman–Crippen MR) is 93.3 cm³/mol. The van der Waals surface area contributed by atoms with E-state index in [0.29, 0.717) is 16.3 Å². The topological polar surface area (TPSA) is 87.4 Å². The lowest BCUT2D eigenvalue weighted by Gasteiger charge is -2.06. The zero-order valence-electron chi connectivity index (χ0n) is 13.4. The molecule has 0 saturated heterocycles. The molecule has 130 valence electrons. The van der Waals surface area contributed by atoms with E-state index in [4.69, 9.17) is 16.3 Å². The van der Waals surface area contributed by atoms with Gasteiger partial charge in [-0.15, -0.1) is 0 Å². The molecule has 3 atom stereocenters. The van der Waals surface area contributed by atoms with Crippen molar-refractivity contribution in [2.45, 2.75) is 16.1 Å². The number of benzene rings is 2. The van der Waals surface area contributed by atoms with Crippen LogP contribution >= 0.6 is 11.6 Å². The molecule has 25 heavy (non-hydrogen) atoms. The molecule has 0 amide bonds. The highest BCUT2D eigenvalue weighted by atomic mass is 35.5. The van der Waals surface area contributed by atoms with E-state index in [1.165, 1.54) is 31.4 Å². The lowest BCUT2D eigenvalue weighted by Crippen LogP contribution is -2.18. The Morgan fingerprint density at radius 1 is 1.20 bits per heavy atom. The third-order valence-electron chi connectivity index (χ3n) is 4.68. The Labute approximate surface area is 151 Å². The highest BCUT2D eigenvalue weighted by Crippen LogP contribution is 2.63. The summed E-state index contributed by atoms with van der Waals surface area (Å²) in [5, 5.41) is 18.8. The summed E-state index contributed by atoms with van der Waals surface area (Å²) < 4.78 is 31.1. The number of nitrogens with zero attached hydrogens (tertiary/aromatic N) is 1. The average Bonchev–Trinajstić information content (AvgIpc) is 3.33. The van der Waals surface area contributed by atoms with Crippen LogP contribution in [0.25, 0.3) is 0 Å². The van der Waals surface area contributed by atoms with Crippen LogP contribution in [0.3, 0.4) is 0 Å². The normalized spacial score (nSPS) is 25.2. The molecule has 0 aromatic heterocycles. The fraction of sp³-hybridized carbons (Fsp3) is 0.278. The fourth-order valence-electron chi connectivity index (χ4n) is 3.27. The van der Waals surface area contributed by atoms with Gasteiger partial charge in [-0.25, -0.2) is 8.42 Å². The van der Waals surface area contributed by atoms with Gasteiger partial charge >= 0.3 is 0 Å². The Balaban J connectivity index is 2.04. The van der Waals surface area contributed by atoms with Gasteiger partial charge in [0, 0.05) is 10.9 Å². The summed E-state index contributed by atoms with van der Waals surface area (Å²) in [6.45, 7) is -0.530. The third-order valence-corrected chi connectivity index (χ3v) is 7.22. The summed E-state index contributed by atoms with van der Waals surface area (Å²) in [6.07, 6.45) is 0. The van der Waals surface area contributed by atoms with E-state index in [2.05, 4.69) is 0 Å². The Morgan fingerprint density at radius 3 is 2.28 bits per heavy atom. The second-order valence-electron chi connectivity index (χ2n) is 5.98. The van der Waals surface area contributed by atoms with Gasteiger partial charge in [0.05, 0.1) is 29.9 Å². The Morgan fingerprint density at radius 2 is 1.80 bits per heavy atom. The zero-order chi connectivity index (χ0) is 18.2. The van der Waals surface area contributed by atoms with Crippen molar-refractivity contribution in [1.82, 2.24) is 0 Å². The number of sulfone groups is 1. The minimum absolute atomic E-state index is 0.0889. The lowest BCUT2D eigenvalue weighted by atomic mass is 10.0. The van der Waals surface area contributed by atoms with E-state index >= 15 is 0 Å². The van der Waals surface area contributed by atoms with Gasteiger partial charge in [0.2, 0.25) is 0 Å². The van der Waals surface area contributed by atoms with Crippen molar-refractivity contribution in [3.63, 3.8) is 0 Å². The number of methoxy groups -OCH3 is 1. The first-order chi connectivity index (χ1) is 11.9. The van der Waals surface area contributed by atoms with Crippen LogP contribution in [0, 0.1) is 16.7 Å². The SMILES string of the molecule is COc1ccc([C@@H]2[C@@H](S(=O)(=O)c3ccc(Cl)cc3)[C@]2(C#N)CO)cc1. The number of aliphatic hydroxyl groups is 1. The van der Waals surface area contributed by atoms with Crippen molar-refractivity contribution < 1.29 is 18.3 Å². The molecule has 1 aliphatic rings. The third kappa shape index (κ3) is 2.78. The number of aliphatic hydroxyl groups excluding tert-OH is 1. The first kappa shape index (κ1) is 17.7. The number of nitriles is 1. The Bertz CT molecular complexity index is 919. The molecule has 0 unspecified atom stereocenters. The highest BCUT2D eigenvalue weighted by Gasteiger charge is 2.72. The fourth-order valence-corrected chi connectivity index (χ4v) is 5.71. The van der Waals surface area contributed by atoms with Crippen molar-refractivity contribution in [2.75, 3.05) is 13.7 Å². The van der Waals surface area contributed by atoms with Gasteiger partial charge in [0.15, 0.2) is 9.84 Å². The minimum Gasteiger partial charge on any atom is -0.497 e. The molecule has 2 aromatic rings. The summed E-state index contributed by atoms with van der Waals surface area (Å²) in [4.78, 5) is 0.0889. The first-order valence-corrected chi connectivity index (χ1v) is 9.48. The van der Waals surface area contributed by atoms with E-state index in [1.807, 2.05) is 6.07 Å². The standard InChI is InChI=1S/C18H16ClNO4S/c1-24-14-6-2-12(3-7-14)16-17(18(16,10-20)11-21)25(22,23)15-8-4-13(19)5-9-15/h2-9,16-17,21H,11H2,1H3/t16-,17-,18-/m1/s1. The first-order valence-electron chi connectivity index (χ1n) is 7.56. The Kier molecular flexibility index (Phi) is 4.50. The molecule has 0 bridgehead atoms. The monoisotopic (exact) mass is 377 g/mol. The molecule has 1 N–H and O–H groups in total. The van der Waals surface area contributed by atoms with Crippen molar-refractivity contribution in [3.8, 4) is 11.8 Å². The predicted octanol–water partition coefficient (Wildman–Crippen LogP) is 2.79. The van der Waals surface area contributed by atoms with Crippen LogP contribution in [0.15, 0.2) is 53.4 Å². The minimum atomic E-state index is -3.80. The van der Waals surface area contributed by atoms with Crippen molar-refractivity contribution in [1.29, 1.82) is 5.26 Å². The van der Waals surface area contributed by atoms with Crippen molar-refractivity contribution in [2.24, 2.45) is 5.41 Å². The van der Waals surface area contributed by atoms with E-state index in [0.717, 1.165) is 0 Å². The zero-order valence-corrected chi connectivity index (χ0v) is 15.0. The van der Waals surface area contributed by atoms with Gasteiger partial charge in [0.25, 0.3) is 0 Å². The quantitative estimate of drug-likeness (QED) is 0.865. The maximum atomic E-state index is 13.0. The number of hydrogen-bond acceptors (Lipinski definition) is 5. The molecule has 1 aliphatic carbocycles. The number of ether oxygens (including phenoxy) is 1. The van der Waals surface area contributed by atoms with Crippen LogP contribution < -0.4 is 4.74 Å². The maximum Gasteiger partial charge on any atom is 0.183 e. The van der Waals surface area contributed by atoms with E-state index < -0.39 is 33.0 Å². The second-order valence-corrected chi connectivity index (χ2v) is 8.49. The van der Waals surface area contributed by atoms with Crippen molar-refractivity contribution >= 4 is 21.4 Å². The van der Waals surface area contributed by atoms with Gasteiger partial charge in [-0.1, -0.05) is 23.7 Å². The van der Waals surface area contributed by atoms with Crippen LogP contribution in [0.5, 0.6) is 5.75 Å². The van der Waals surface area contributed by atoms with E-state index in [9.17, 15) is 18.8 Å². The van der Waals surface area contributed by atoms with Crippen LogP contribution in [0.4, 0.5) is 0 Å². The molecule has 7 heteroatoms. The summed E-state index contributed by atoms with van der Waals surface area (Å²) in [6, 6.07) is 14.7. The summed E-state index contributed by atoms with van der Waals surface area (Å²) in [5.74, 6) is 0.0298. The molecule has 2 aromatic carbocycles. The van der Waals surface area contributed by atoms with Crippen molar-refractivity contribution in [3.05, 3.63) is 59.1 Å². The molecule has 0 spiro atoms. The molecule has 3 rings (SSSR count). The van der Waals surface area contributed by atoms with Crippen LogP contribution in [0.1, 0.15) is 11.5 Å². The van der Waals surface area contributed by atoms with E-state index in [1.54, 1.807) is 24.3 Å². The van der Waals surface area contributed by atoms with E-state index in [-0.39, 0.29) is 4.90 Å².